The van der Waals surface area contributed by atoms with Crippen molar-refractivity contribution in [2.75, 3.05) is 6.61 Å². The van der Waals surface area contributed by atoms with Gasteiger partial charge in [0.15, 0.2) is 0 Å². The van der Waals surface area contributed by atoms with Crippen molar-refractivity contribution < 1.29 is 5.11 Å². The summed E-state index contributed by atoms with van der Waals surface area (Å²) in [6, 6.07) is 0. The highest BCUT2D eigenvalue weighted by molar-refractivity contribution is 5.11. The highest BCUT2D eigenvalue weighted by atomic mass is 16.3. The van der Waals surface area contributed by atoms with Gasteiger partial charge in [-0.05, 0) is 19.3 Å². The van der Waals surface area contributed by atoms with E-state index in [-0.39, 0.29) is 0 Å². The van der Waals surface area contributed by atoms with Crippen LogP contribution in [0.1, 0.15) is 20.3 Å². The molecule has 0 aromatic rings. The molecule has 0 aliphatic heterocycles. The normalized spacial score (nSPS) is 34.8. The van der Waals surface area contributed by atoms with Gasteiger partial charge >= 0.3 is 0 Å². The SMILES string of the molecule is CC1=CCC(C)C1CO. The lowest BCUT2D eigenvalue weighted by molar-refractivity contribution is 0.217. The Bertz CT molecular complexity index is 127. The van der Waals surface area contributed by atoms with Crippen molar-refractivity contribution in [3.8, 4) is 0 Å². The third-order valence-electron chi connectivity index (χ3n) is 2.28. The molecule has 2 unspecified atom stereocenters. The molecule has 2 atom stereocenters. The quantitative estimate of drug-likeness (QED) is 0.529. The number of rotatable bonds is 1. The third-order valence-corrected chi connectivity index (χ3v) is 2.28. The Morgan fingerprint density at radius 1 is 1.78 bits per heavy atom. The van der Waals surface area contributed by atoms with Crippen molar-refractivity contribution in [2.24, 2.45) is 11.8 Å². The highest BCUT2D eigenvalue weighted by Crippen LogP contribution is 2.30. The lowest BCUT2D eigenvalue weighted by Gasteiger charge is -2.13. The molecule has 1 rings (SSSR count). The number of aliphatic hydroxyl groups excluding tert-OH is 1. The van der Waals surface area contributed by atoms with E-state index in [0.29, 0.717) is 18.4 Å². The fourth-order valence-electron chi connectivity index (χ4n) is 1.46. The molecule has 0 radical (unpaired) electrons. The zero-order valence-electron chi connectivity index (χ0n) is 6.09. The lowest BCUT2D eigenvalue weighted by Crippen LogP contribution is -2.11. The van der Waals surface area contributed by atoms with E-state index in [1.807, 2.05) is 0 Å². The predicted octanol–water partition coefficient (Wildman–Crippen LogP) is 1.58. The topological polar surface area (TPSA) is 20.2 Å². The fourth-order valence-corrected chi connectivity index (χ4v) is 1.46. The van der Waals surface area contributed by atoms with Crippen molar-refractivity contribution in [3.63, 3.8) is 0 Å². The van der Waals surface area contributed by atoms with Crippen LogP contribution in [0.2, 0.25) is 0 Å². The zero-order valence-corrected chi connectivity index (χ0v) is 6.09. The van der Waals surface area contributed by atoms with Crippen LogP contribution in [-0.2, 0) is 0 Å². The molecule has 1 aliphatic carbocycles. The Morgan fingerprint density at radius 3 is 2.67 bits per heavy atom. The van der Waals surface area contributed by atoms with Gasteiger partial charge in [0.1, 0.15) is 0 Å². The summed E-state index contributed by atoms with van der Waals surface area (Å²) in [5, 5.41) is 8.87. The van der Waals surface area contributed by atoms with E-state index in [1.54, 1.807) is 0 Å². The molecular weight excluding hydrogens is 112 g/mol. The van der Waals surface area contributed by atoms with Crippen LogP contribution in [0.15, 0.2) is 11.6 Å². The second-order valence-electron chi connectivity index (χ2n) is 2.95. The van der Waals surface area contributed by atoms with Gasteiger partial charge in [-0.1, -0.05) is 18.6 Å². The molecule has 0 spiro atoms. The van der Waals surface area contributed by atoms with E-state index in [1.165, 1.54) is 5.57 Å². The van der Waals surface area contributed by atoms with E-state index >= 15 is 0 Å². The van der Waals surface area contributed by atoms with E-state index in [0.717, 1.165) is 6.42 Å². The molecule has 0 saturated carbocycles. The molecule has 9 heavy (non-hydrogen) atoms. The van der Waals surface area contributed by atoms with Crippen LogP contribution in [0, 0.1) is 11.8 Å². The second kappa shape index (κ2) is 2.53. The number of allylic oxidation sites excluding steroid dienone is 1. The summed E-state index contributed by atoms with van der Waals surface area (Å²) in [6.07, 6.45) is 3.38. The summed E-state index contributed by atoms with van der Waals surface area (Å²) in [5.74, 6) is 1.11. The Hall–Kier alpha value is -0.300. The lowest BCUT2D eigenvalue weighted by atomic mass is 9.95. The molecule has 0 fully saturated rings. The van der Waals surface area contributed by atoms with Gasteiger partial charge in [-0.15, -0.1) is 0 Å². The van der Waals surface area contributed by atoms with Gasteiger partial charge in [0, 0.05) is 12.5 Å². The highest BCUT2D eigenvalue weighted by Gasteiger charge is 2.21. The first-order valence-electron chi connectivity index (χ1n) is 3.53. The van der Waals surface area contributed by atoms with E-state index in [4.69, 9.17) is 5.11 Å². The Morgan fingerprint density at radius 2 is 2.44 bits per heavy atom. The number of hydrogen-bond acceptors (Lipinski definition) is 1. The summed E-state index contributed by atoms with van der Waals surface area (Å²) in [5.41, 5.74) is 1.37. The second-order valence-corrected chi connectivity index (χ2v) is 2.95. The van der Waals surface area contributed by atoms with Gasteiger partial charge in [-0.3, -0.25) is 0 Å². The summed E-state index contributed by atoms with van der Waals surface area (Å²) in [7, 11) is 0. The van der Waals surface area contributed by atoms with E-state index < -0.39 is 0 Å². The number of hydrogen-bond donors (Lipinski definition) is 1. The van der Waals surface area contributed by atoms with Gasteiger partial charge in [-0.2, -0.15) is 0 Å². The fraction of sp³-hybridized carbons (Fsp3) is 0.750. The van der Waals surface area contributed by atoms with E-state index in [9.17, 15) is 0 Å². The zero-order chi connectivity index (χ0) is 6.85. The molecular formula is C8H14O. The van der Waals surface area contributed by atoms with Gasteiger partial charge in [-0.25, -0.2) is 0 Å². The molecule has 0 aromatic carbocycles. The molecule has 0 heterocycles. The van der Waals surface area contributed by atoms with Crippen molar-refractivity contribution in [1.29, 1.82) is 0 Å². The average Bonchev–Trinajstić information content (AvgIpc) is 2.12. The van der Waals surface area contributed by atoms with Gasteiger partial charge in [0.2, 0.25) is 0 Å². The largest absolute Gasteiger partial charge is 0.396 e. The first-order valence-corrected chi connectivity index (χ1v) is 3.53. The maximum Gasteiger partial charge on any atom is 0.0499 e. The molecule has 0 aromatic heterocycles. The predicted molar refractivity (Wildman–Crippen MR) is 38.1 cm³/mol. The van der Waals surface area contributed by atoms with Gasteiger partial charge < -0.3 is 5.11 Å². The van der Waals surface area contributed by atoms with Crippen molar-refractivity contribution >= 4 is 0 Å². The maximum atomic E-state index is 8.87. The van der Waals surface area contributed by atoms with Crippen LogP contribution in [0.5, 0.6) is 0 Å². The minimum atomic E-state index is 0.323. The molecule has 1 nitrogen and oxygen atoms in total. The maximum absolute atomic E-state index is 8.87. The molecule has 1 heteroatoms. The molecule has 1 aliphatic rings. The minimum absolute atomic E-state index is 0.323. The monoisotopic (exact) mass is 126 g/mol. The van der Waals surface area contributed by atoms with Gasteiger partial charge in [0.05, 0.1) is 0 Å². The summed E-state index contributed by atoms with van der Waals surface area (Å²) >= 11 is 0. The van der Waals surface area contributed by atoms with Crippen LogP contribution in [0.3, 0.4) is 0 Å². The molecule has 0 amide bonds. The van der Waals surface area contributed by atoms with E-state index in [2.05, 4.69) is 19.9 Å². The summed E-state index contributed by atoms with van der Waals surface area (Å²) in [6.45, 7) is 4.61. The molecule has 0 bridgehead atoms. The minimum Gasteiger partial charge on any atom is -0.396 e. The molecule has 1 N–H and O–H groups in total. The van der Waals surface area contributed by atoms with Crippen molar-refractivity contribution in [2.45, 2.75) is 20.3 Å². The standard InChI is InChI=1S/C8H14O/c1-6-3-4-7(2)8(6)5-9/h3,7-9H,4-5H2,1-2H3. The Balaban J connectivity index is 2.57. The van der Waals surface area contributed by atoms with Crippen LogP contribution >= 0.6 is 0 Å². The Labute approximate surface area is 56.4 Å². The van der Waals surface area contributed by atoms with Crippen molar-refractivity contribution in [3.05, 3.63) is 11.6 Å². The van der Waals surface area contributed by atoms with Crippen molar-refractivity contribution in [1.82, 2.24) is 0 Å². The molecule has 0 saturated heterocycles. The Kier molecular flexibility index (Phi) is 1.91. The smallest absolute Gasteiger partial charge is 0.0499 e. The number of aliphatic hydroxyl groups is 1. The summed E-state index contributed by atoms with van der Waals surface area (Å²) < 4.78 is 0. The average molecular weight is 126 g/mol. The van der Waals surface area contributed by atoms with Crippen LogP contribution < -0.4 is 0 Å². The first kappa shape index (κ1) is 6.81. The third kappa shape index (κ3) is 1.16. The first-order chi connectivity index (χ1) is 4.25. The molecule has 52 valence electrons. The van der Waals surface area contributed by atoms with Crippen LogP contribution in [0.25, 0.3) is 0 Å². The van der Waals surface area contributed by atoms with Crippen LogP contribution in [-0.4, -0.2) is 11.7 Å². The van der Waals surface area contributed by atoms with Gasteiger partial charge in [0.25, 0.3) is 0 Å². The van der Waals surface area contributed by atoms with Crippen LogP contribution in [0.4, 0.5) is 0 Å². The summed E-state index contributed by atoms with van der Waals surface area (Å²) in [4.78, 5) is 0.